The van der Waals surface area contributed by atoms with E-state index in [4.69, 9.17) is 5.11 Å². The van der Waals surface area contributed by atoms with Gasteiger partial charge >= 0.3 is 5.97 Å². The summed E-state index contributed by atoms with van der Waals surface area (Å²) >= 11 is 0. The van der Waals surface area contributed by atoms with Gasteiger partial charge in [-0.2, -0.15) is 0 Å². The fraction of sp³-hybridized carbons (Fsp3) is 0.636. The summed E-state index contributed by atoms with van der Waals surface area (Å²) in [4.78, 5) is 23.5. The summed E-state index contributed by atoms with van der Waals surface area (Å²) in [6.07, 6.45) is 3.46. The van der Waals surface area contributed by atoms with Crippen molar-refractivity contribution < 1.29 is 14.7 Å². The maximum absolute atomic E-state index is 11.5. The first-order valence-electron chi connectivity index (χ1n) is 5.22. The maximum atomic E-state index is 11.5. The third-order valence-corrected chi connectivity index (χ3v) is 2.12. The summed E-state index contributed by atoms with van der Waals surface area (Å²) in [6.45, 7) is 6.73. The van der Waals surface area contributed by atoms with E-state index in [0.29, 0.717) is 32.4 Å². The molecule has 0 bridgehead atoms. The molecule has 1 amide bonds. The molecule has 0 aromatic rings. The number of unbranched alkanes of at least 4 members (excludes halogenated alkanes) is 1. The van der Waals surface area contributed by atoms with E-state index < -0.39 is 5.97 Å². The molecular weight excluding hydrogens is 194 g/mol. The minimum atomic E-state index is -0.805. The zero-order valence-corrected chi connectivity index (χ0v) is 9.24. The van der Waals surface area contributed by atoms with Gasteiger partial charge in [0.1, 0.15) is 0 Å². The molecule has 0 aromatic carbocycles. The van der Waals surface area contributed by atoms with Crippen LogP contribution in [-0.2, 0) is 9.59 Å². The largest absolute Gasteiger partial charge is 0.481 e. The van der Waals surface area contributed by atoms with Crippen LogP contribution in [0.3, 0.4) is 0 Å². The minimum Gasteiger partial charge on any atom is -0.481 e. The predicted molar refractivity (Wildman–Crippen MR) is 58.6 cm³/mol. The van der Waals surface area contributed by atoms with Crippen LogP contribution in [-0.4, -0.2) is 35.0 Å². The number of hydrogen-bond donors (Lipinski definition) is 1. The van der Waals surface area contributed by atoms with Crippen molar-refractivity contribution >= 4 is 11.9 Å². The second kappa shape index (κ2) is 8.03. The molecule has 1 N–H and O–H groups in total. The van der Waals surface area contributed by atoms with Gasteiger partial charge in [0.25, 0.3) is 0 Å². The molecule has 0 aromatic heterocycles. The van der Waals surface area contributed by atoms with Crippen LogP contribution in [0, 0.1) is 0 Å². The highest BCUT2D eigenvalue weighted by Gasteiger charge is 2.09. The second-order valence-corrected chi connectivity index (χ2v) is 3.32. The lowest BCUT2D eigenvalue weighted by atomic mass is 10.2. The van der Waals surface area contributed by atoms with E-state index in [1.54, 1.807) is 11.0 Å². The number of aliphatic carboxylic acids is 1. The van der Waals surface area contributed by atoms with Crippen LogP contribution in [0.2, 0.25) is 0 Å². The Kier molecular flexibility index (Phi) is 7.32. The van der Waals surface area contributed by atoms with Crippen molar-refractivity contribution in [2.24, 2.45) is 0 Å². The van der Waals surface area contributed by atoms with E-state index in [1.807, 2.05) is 6.92 Å². The zero-order valence-electron chi connectivity index (χ0n) is 9.24. The lowest BCUT2D eigenvalue weighted by Gasteiger charge is -2.18. The first-order valence-corrected chi connectivity index (χ1v) is 5.22. The van der Waals surface area contributed by atoms with E-state index in [0.717, 1.165) is 0 Å². The number of carboxylic acids is 1. The van der Waals surface area contributed by atoms with Gasteiger partial charge in [-0.15, -0.1) is 6.58 Å². The summed E-state index contributed by atoms with van der Waals surface area (Å²) in [6, 6.07) is 0. The van der Waals surface area contributed by atoms with Gasteiger partial charge < -0.3 is 10.0 Å². The fourth-order valence-corrected chi connectivity index (χ4v) is 1.27. The molecule has 0 spiro atoms. The summed E-state index contributed by atoms with van der Waals surface area (Å²) in [5.41, 5.74) is 0. The van der Waals surface area contributed by atoms with Crippen molar-refractivity contribution in [3.63, 3.8) is 0 Å². The van der Waals surface area contributed by atoms with Crippen LogP contribution in [0.15, 0.2) is 12.7 Å². The number of rotatable bonds is 8. The molecule has 4 nitrogen and oxygen atoms in total. The second-order valence-electron chi connectivity index (χ2n) is 3.32. The Hall–Kier alpha value is -1.32. The third-order valence-electron chi connectivity index (χ3n) is 2.12. The van der Waals surface area contributed by atoms with Crippen LogP contribution in [0.4, 0.5) is 0 Å². The molecule has 0 rings (SSSR count). The van der Waals surface area contributed by atoms with Crippen LogP contribution < -0.4 is 0 Å². The number of amides is 1. The molecule has 0 saturated carbocycles. The van der Waals surface area contributed by atoms with E-state index in [1.165, 1.54) is 0 Å². The first kappa shape index (κ1) is 13.7. The summed E-state index contributed by atoms with van der Waals surface area (Å²) in [7, 11) is 0. The molecule has 0 fully saturated rings. The SMILES string of the molecule is C=CCN(CC)C(=O)CCCCC(=O)O. The topological polar surface area (TPSA) is 57.6 Å². The molecule has 0 aliphatic carbocycles. The van der Waals surface area contributed by atoms with Crippen molar-refractivity contribution in [1.82, 2.24) is 4.90 Å². The standard InChI is InChI=1S/C11H19NO3/c1-3-9-12(4-2)10(13)7-5-6-8-11(14)15/h3H,1,4-9H2,2H3,(H,14,15). The summed E-state index contributed by atoms with van der Waals surface area (Å²) in [5.74, 6) is -0.733. The number of likely N-dealkylation sites (N-methyl/N-ethyl adjacent to an activating group) is 1. The van der Waals surface area contributed by atoms with Gasteiger partial charge in [0, 0.05) is 25.9 Å². The quantitative estimate of drug-likeness (QED) is 0.493. The van der Waals surface area contributed by atoms with Gasteiger partial charge in [-0.25, -0.2) is 0 Å². The average molecular weight is 213 g/mol. The van der Waals surface area contributed by atoms with Crippen molar-refractivity contribution in [3.8, 4) is 0 Å². The molecule has 86 valence electrons. The Balaban J connectivity index is 3.70. The lowest BCUT2D eigenvalue weighted by molar-refractivity contribution is -0.137. The highest BCUT2D eigenvalue weighted by molar-refractivity contribution is 5.76. The van der Waals surface area contributed by atoms with E-state index in [-0.39, 0.29) is 12.3 Å². The van der Waals surface area contributed by atoms with Gasteiger partial charge in [-0.1, -0.05) is 6.08 Å². The van der Waals surface area contributed by atoms with Crippen LogP contribution in [0.5, 0.6) is 0 Å². The molecule has 0 heterocycles. The van der Waals surface area contributed by atoms with Gasteiger partial charge in [-0.05, 0) is 19.8 Å². The fourth-order valence-electron chi connectivity index (χ4n) is 1.27. The molecule has 0 unspecified atom stereocenters. The molecule has 0 saturated heterocycles. The Labute approximate surface area is 90.6 Å². The smallest absolute Gasteiger partial charge is 0.303 e. The molecule has 4 heteroatoms. The molecule has 0 aliphatic heterocycles. The third kappa shape index (κ3) is 6.71. The molecule has 15 heavy (non-hydrogen) atoms. The van der Waals surface area contributed by atoms with Gasteiger partial charge in [-0.3, -0.25) is 9.59 Å². The minimum absolute atomic E-state index is 0.0720. The van der Waals surface area contributed by atoms with Gasteiger partial charge in [0.05, 0.1) is 0 Å². The average Bonchev–Trinajstić information content (AvgIpc) is 2.20. The Morgan fingerprint density at radius 2 is 1.93 bits per heavy atom. The molecule has 0 atom stereocenters. The Morgan fingerprint density at radius 1 is 1.33 bits per heavy atom. The van der Waals surface area contributed by atoms with Gasteiger partial charge in [0.2, 0.25) is 5.91 Å². The van der Waals surface area contributed by atoms with Crippen LogP contribution >= 0.6 is 0 Å². The maximum Gasteiger partial charge on any atom is 0.303 e. The lowest BCUT2D eigenvalue weighted by Crippen LogP contribution is -2.30. The summed E-state index contributed by atoms with van der Waals surface area (Å²) in [5, 5.41) is 8.41. The molecule has 0 aliphatic rings. The number of carbonyl (C=O) groups is 2. The Morgan fingerprint density at radius 3 is 2.40 bits per heavy atom. The van der Waals surface area contributed by atoms with Crippen molar-refractivity contribution in [1.29, 1.82) is 0 Å². The van der Waals surface area contributed by atoms with E-state index in [2.05, 4.69) is 6.58 Å². The molecule has 0 radical (unpaired) electrons. The number of nitrogens with zero attached hydrogens (tertiary/aromatic N) is 1. The van der Waals surface area contributed by atoms with E-state index in [9.17, 15) is 9.59 Å². The Bertz CT molecular complexity index is 226. The highest BCUT2D eigenvalue weighted by Crippen LogP contribution is 2.03. The van der Waals surface area contributed by atoms with Gasteiger partial charge in [0.15, 0.2) is 0 Å². The number of carboxylic acid groups (broad SMARTS) is 1. The van der Waals surface area contributed by atoms with Crippen LogP contribution in [0.1, 0.15) is 32.6 Å². The van der Waals surface area contributed by atoms with Crippen molar-refractivity contribution in [2.45, 2.75) is 32.6 Å². The molecular formula is C11H19NO3. The van der Waals surface area contributed by atoms with Crippen molar-refractivity contribution in [2.75, 3.05) is 13.1 Å². The van der Waals surface area contributed by atoms with Crippen molar-refractivity contribution in [3.05, 3.63) is 12.7 Å². The predicted octanol–water partition coefficient (Wildman–Crippen LogP) is 1.67. The number of carbonyl (C=O) groups excluding carboxylic acids is 1. The highest BCUT2D eigenvalue weighted by atomic mass is 16.4. The first-order chi connectivity index (χ1) is 7.11. The zero-order chi connectivity index (χ0) is 11.7. The number of hydrogen-bond acceptors (Lipinski definition) is 2. The monoisotopic (exact) mass is 213 g/mol. The van der Waals surface area contributed by atoms with E-state index >= 15 is 0 Å². The summed E-state index contributed by atoms with van der Waals surface area (Å²) < 4.78 is 0. The normalized spacial score (nSPS) is 9.67. The van der Waals surface area contributed by atoms with Crippen LogP contribution in [0.25, 0.3) is 0 Å².